The fourth-order valence-electron chi connectivity index (χ4n) is 8.28. The number of fused-ring (bicyclic) bond motifs is 7. The number of hydrogen-bond acceptors (Lipinski definition) is 4. The highest BCUT2D eigenvalue weighted by molar-refractivity contribution is 6.18. The fourth-order valence-corrected chi connectivity index (χ4v) is 8.28. The van der Waals surface area contributed by atoms with Gasteiger partial charge in [0.2, 0.25) is 0 Å². The first-order valence-corrected chi connectivity index (χ1v) is 18.8. The van der Waals surface area contributed by atoms with Crippen molar-refractivity contribution in [2.45, 2.75) is 12.8 Å². The third-order valence-electron chi connectivity index (χ3n) is 11.0. The normalized spacial score (nSPS) is 12.7. The summed E-state index contributed by atoms with van der Waals surface area (Å²) in [6.07, 6.45) is 4.04. The van der Waals surface area contributed by atoms with Gasteiger partial charge in [0.15, 0.2) is 17.5 Å². The Labute approximate surface area is 318 Å². The zero-order valence-corrected chi connectivity index (χ0v) is 29.9. The molecule has 258 valence electrons. The first-order chi connectivity index (χ1) is 27.2. The number of allylic oxidation sites excluding steroid dienone is 1. The van der Waals surface area contributed by atoms with Gasteiger partial charge >= 0.3 is 0 Å². The predicted molar refractivity (Wildman–Crippen MR) is 226 cm³/mol. The second-order valence-corrected chi connectivity index (χ2v) is 14.3. The molecule has 0 spiro atoms. The monoisotopic (exact) mass is 703 g/mol. The predicted octanol–water partition coefficient (Wildman–Crippen LogP) is 13.2. The summed E-state index contributed by atoms with van der Waals surface area (Å²) >= 11 is 0. The summed E-state index contributed by atoms with van der Waals surface area (Å²) in [5, 5.41) is 6.97. The Morgan fingerprint density at radius 3 is 1.87 bits per heavy atom. The number of hydrogen-bond donors (Lipinski definition) is 0. The average molecular weight is 704 g/mol. The molecule has 10 aromatic rings. The summed E-state index contributed by atoms with van der Waals surface area (Å²) in [7, 11) is 0. The topological polar surface area (TPSA) is 51.8 Å². The molecule has 4 nitrogen and oxygen atoms in total. The van der Waals surface area contributed by atoms with Crippen LogP contribution in [0.3, 0.4) is 0 Å². The van der Waals surface area contributed by atoms with Crippen LogP contribution in [0.5, 0.6) is 0 Å². The second kappa shape index (κ2) is 12.8. The van der Waals surface area contributed by atoms with Gasteiger partial charge < -0.3 is 4.42 Å². The molecule has 1 aliphatic rings. The van der Waals surface area contributed by atoms with Crippen LogP contribution in [0.1, 0.15) is 23.4 Å². The van der Waals surface area contributed by atoms with E-state index in [0.717, 1.165) is 68.2 Å². The molecule has 55 heavy (non-hydrogen) atoms. The summed E-state index contributed by atoms with van der Waals surface area (Å²) in [5.41, 5.74) is 11.7. The Balaban J connectivity index is 1.12. The first-order valence-electron chi connectivity index (χ1n) is 18.8. The fraction of sp³-hybridized carbons (Fsp3) is 0.0392. The summed E-state index contributed by atoms with van der Waals surface area (Å²) in [6, 6.07) is 59.9. The van der Waals surface area contributed by atoms with Crippen LogP contribution in [-0.2, 0) is 6.42 Å². The molecule has 0 unspecified atom stereocenters. The molecule has 4 heteroatoms. The van der Waals surface area contributed by atoms with Crippen LogP contribution < -0.4 is 0 Å². The zero-order chi connectivity index (χ0) is 36.3. The standard InChI is InChI=1S/C51H33N3O/c1-2-10-32(11-3-1)34-20-26-37(27-21-34)49-52-50(40-29-22-33-12-4-5-14-38(33)30-40)54-51(53-49)43-17-9-19-46-48(43)47-42(16-8-18-45(47)55-46)39-28-25-36-24-23-35-13-6-7-15-41(35)44(36)31-39/h1-21,23-28,30-31H,22,29H2. The van der Waals surface area contributed by atoms with Gasteiger partial charge in [-0.05, 0) is 97.6 Å². The van der Waals surface area contributed by atoms with Crippen molar-refractivity contribution in [3.8, 4) is 45.0 Å². The van der Waals surface area contributed by atoms with Gasteiger partial charge in [0, 0.05) is 21.9 Å². The minimum absolute atomic E-state index is 0.625. The van der Waals surface area contributed by atoms with Crippen molar-refractivity contribution in [3.63, 3.8) is 0 Å². The van der Waals surface area contributed by atoms with Crippen LogP contribution in [0.25, 0.3) is 100 Å². The second-order valence-electron chi connectivity index (χ2n) is 14.3. The van der Waals surface area contributed by atoms with Gasteiger partial charge in [0.25, 0.3) is 0 Å². The molecule has 2 aromatic heterocycles. The lowest BCUT2D eigenvalue weighted by molar-refractivity contribution is 0.669. The van der Waals surface area contributed by atoms with Crippen LogP contribution in [-0.4, -0.2) is 15.0 Å². The SMILES string of the molecule is C1=C(c2nc(-c3ccc(-c4ccccc4)cc3)nc(-c3cccc4oc5cccc(-c6ccc7ccc8ccccc8c7c6)c5c34)n2)CCc2ccccc21. The Bertz CT molecular complexity index is 3140. The minimum Gasteiger partial charge on any atom is -0.456 e. The molecule has 0 fully saturated rings. The third-order valence-corrected chi connectivity index (χ3v) is 11.0. The summed E-state index contributed by atoms with van der Waals surface area (Å²) in [6.45, 7) is 0. The maximum absolute atomic E-state index is 6.61. The average Bonchev–Trinajstić information content (AvgIpc) is 3.66. The van der Waals surface area contributed by atoms with Crippen molar-refractivity contribution in [3.05, 3.63) is 187 Å². The number of nitrogens with zero attached hydrogens (tertiary/aromatic N) is 3. The van der Waals surface area contributed by atoms with Crippen LogP contribution in [0, 0.1) is 0 Å². The van der Waals surface area contributed by atoms with Crippen molar-refractivity contribution in [2.75, 3.05) is 0 Å². The van der Waals surface area contributed by atoms with Crippen LogP contribution >= 0.6 is 0 Å². The molecular weight excluding hydrogens is 671 g/mol. The smallest absolute Gasteiger partial charge is 0.164 e. The van der Waals surface area contributed by atoms with E-state index in [2.05, 4.69) is 158 Å². The van der Waals surface area contributed by atoms with Gasteiger partial charge in [-0.15, -0.1) is 0 Å². The lowest BCUT2D eigenvalue weighted by Crippen LogP contribution is -2.06. The molecule has 0 amide bonds. The van der Waals surface area contributed by atoms with E-state index in [9.17, 15) is 0 Å². The van der Waals surface area contributed by atoms with E-state index in [1.165, 1.54) is 38.2 Å². The van der Waals surface area contributed by atoms with E-state index in [-0.39, 0.29) is 0 Å². The van der Waals surface area contributed by atoms with Gasteiger partial charge in [-0.3, -0.25) is 0 Å². The summed E-state index contributed by atoms with van der Waals surface area (Å²) in [5.74, 6) is 1.97. The molecule has 1 aliphatic carbocycles. The molecule has 0 N–H and O–H groups in total. The van der Waals surface area contributed by atoms with Gasteiger partial charge in [-0.2, -0.15) is 0 Å². The maximum Gasteiger partial charge on any atom is 0.164 e. The van der Waals surface area contributed by atoms with Crippen molar-refractivity contribution in [2.24, 2.45) is 0 Å². The lowest BCUT2D eigenvalue weighted by atomic mass is 9.92. The van der Waals surface area contributed by atoms with Gasteiger partial charge in [0.1, 0.15) is 11.2 Å². The van der Waals surface area contributed by atoms with E-state index in [0.29, 0.717) is 17.5 Å². The van der Waals surface area contributed by atoms with E-state index >= 15 is 0 Å². The molecule has 0 aliphatic heterocycles. The molecule has 0 atom stereocenters. The minimum atomic E-state index is 0.625. The maximum atomic E-state index is 6.61. The quantitative estimate of drug-likeness (QED) is 0.167. The van der Waals surface area contributed by atoms with Crippen LogP contribution in [0.2, 0.25) is 0 Å². The number of aryl methyl sites for hydroxylation is 1. The molecule has 0 radical (unpaired) electrons. The van der Waals surface area contributed by atoms with E-state index in [4.69, 9.17) is 19.4 Å². The van der Waals surface area contributed by atoms with Crippen LogP contribution in [0.4, 0.5) is 0 Å². The van der Waals surface area contributed by atoms with Crippen molar-refractivity contribution in [1.29, 1.82) is 0 Å². The molecular formula is C51H33N3O. The van der Waals surface area contributed by atoms with Gasteiger partial charge in [-0.25, -0.2) is 15.0 Å². The summed E-state index contributed by atoms with van der Waals surface area (Å²) in [4.78, 5) is 15.7. The molecule has 11 rings (SSSR count). The largest absolute Gasteiger partial charge is 0.456 e. The molecule has 2 heterocycles. The van der Waals surface area contributed by atoms with Crippen molar-refractivity contribution >= 4 is 55.1 Å². The number of aromatic nitrogens is 3. The molecule has 8 aromatic carbocycles. The number of furan rings is 1. The molecule has 0 saturated heterocycles. The van der Waals surface area contributed by atoms with Crippen molar-refractivity contribution < 1.29 is 4.42 Å². The first kappa shape index (κ1) is 31.4. The van der Waals surface area contributed by atoms with Crippen LogP contribution in [0.15, 0.2) is 174 Å². The highest BCUT2D eigenvalue weighted by Gasteiger charge is 2.22. The zero-order valence-electron chi connectivity index (χ0n) is 29.9. The van der Waals surface area contributed by atoms with E-state index in [1.807, 2.05) is 18.2 Å². The Morgan fingerprint density at radius 1 is 0.400 bits per heavy atom. The molecule has 0 saturated carbocycles. The van der Waals surface area contributed by atoms with Gasteiger partial charge in [0.05, 0.1) is 0 Å². The highest BCUT2D eigenvalue weighted by atomic mass is 16.3. The van der Waals surface area contributed by atoms with Gasteiger partial charge in [-0.1, -0.05) is 152 Å². The Kier molecular flexibility index (Phi) is 7.27. The van der Waals surface area contributed by atoms with E-state index in [1.54, 1.807) is 0 Å². The third kappa shape index (κ3) is 5.42. The molecule has 0 bridgehead atoms. The van der Waals surface area contributed by atoms with Crippen molar-refractivity contribution in [1.82, 2.24) is 15.0 Å². The lowest BCUT2D eigenvalue weighted by Gasteiger charge is -2.17. The number of benzene rings is 8. The Hall–Kier alpha value is -7.17. The van der Waals surface area contributed by atoms with E-state index < -0.39 is 0 Å². The highest BCUT2D eigenvalue weighted by Crippen LogP contribution is 2.42. The summed E-state index contributed by atoms with van der Waals surface area (Å²) < 4.78 is 6.61. The Morgan fingerprint density at radius 2 is 1.02 bits per heavy atom. The number of rotatable bonds is 5.